The molecule has 6 nitrogen and oxygen atoms in total. The van der Waals surface area contributed by atoms with Crippen LogP contribution in [0.1, 0.15) is 37.9 Å². The number of nitrogens with zero attached hydrogens (tertiary/aromatic N) is 3. The molecular formula is C26H27N3O3S. The summed E-state index contributed by atoms with van der Waals surface area (Å²) >= 11 is 1.45. The highest BCUT2D eigenvalue weighted by molar-refractivity contribution is 7.22. The fraction of sp³-hybridized carbons (Fsp3) is 0.269. The molecule has 0 aliphatic heterocycles. The zero-order valence-corrected chi connectivity index (χ0v) is 19.8. The maximum absolute atomic E-state index is 13.3. The summed E-state index contributed by atoms with van der Waals surface area (Å²) in [5.41, 5.74) is 2.75. The number of ether oxygens (including phenoxy) is 2. The van der Waals surface area contributed by atoms with Crippen LogP contribution in [0.3, 0.4) is 0 Å². The number of thiazole rings is 1. The zero-order valence-electron chi connectivity index (χ0n) is 19.0. The van der Waals surface area contributed by atoms with Gasteiger partial charge in [-0.25, -0.2) is 4.98 Å². The number of pyridine rings is 1. The lowest BCUT2D eigenvalue weighted by atomic mass is 10.0. The molecule has 2 aromatic carbocycles. The van der Waals surface area contributed by atoms with Crippen LogP contribution in [0.4, 0.5) is 5.13 Å². The van der Waals surface area contributed by atoms with Gasteiger partial charge in [0.2, 0.25) is 0 Å². The van der Waals surface area contributed by atoms with Crippen LogP contribution in [0.5, 0.6) is 11.5 Å². The summed E-state index contributed by atoms with van der Waals surface area (Å²) in [6, 6.07) is 19.3. The molecule has 0 saturated carbocycles. The fourth-order valence-corrected chi connectivity index (χ4v) is 4.39. The first-order chi connectivity index (χ1) is 16.0. The van der Waals surface area contributed by atoms with Crippen molar-refractivity contribution in [3.63, 3.8) is 0 Å². The van der Waals surface area contributed by atoms with Crippen LogP contribution in [-0.2, 0) is 11.3 Å². The molecule has 0 unspecified atom stereocenters. The highest BCUT2D eigenvalue weighted by atomic mass is 32.1. The number of rotatable bonds is 9. The third kappa shape index (κ3) is 5.49. The minimum Gasteiger partial charge on any atom is -0.492 e. The Bertz CT molecular complexity index is 1210. The van der Waals surface area contributed by atoms with E-state index < -0.39 is 0 Å². The standard InChI is InChI=1S/C26H27N3O3S/c1-4-31-22-9-7-10-23-25(22)28-26(33-23)29(16-20-8-5-6-15-27-20)24(30)17-32-21-13-11-19(12-14-21)18(2)3/h5-15,18H,4,16-17H2,1-3H3. The number of hydrogen-bond donors (Lipinski definition) is 0. The third-order valence-electron chi connectivity index (χ3n) is 5.16. The average molecular weight is 462 g/mol. The van der Waals surface area contributed by atoms with Crippen LogP contribution < -0.4 is 14.4 Å². The molecule has 0 radical (unpaired) electrons. The van der Waals surface area contributed by atoms with Crippen LogP contribution in [0.25, 0.3) is 10.2 Å². The van der Waals surface area contributed by atoms with E-state index >= 15 is 0 Å². The van der Waals surface area contributed by atoms with Crippen molar-refractivity contribution in [1.29, 1.82) is 0 Å². The Morgan fingerprint density at radius 3 is 2.55 bits per heavy atom. The van der Waals surface area contributed by atoms with Gasteiger partial charge < -0.3 is 9.47 Å². The summed E-state index contributed by atoms with van der Waals surface area (Å²) in [5, 5.41) is 0.589. The van der Waals surface area contributed by atoms with Crippen LogP contribution in [0.15, 0.2) is 66.9 Å². The van der Waals surface area contributed by atoms with Crippen LogP contribution >= 0.6 is 11.3 Å². The summed E-state index contributed by atoms with van der Waals surface area (Å²) in [4.78, 5) is 24.1. The van der Waals surface area contributed by atoms with E-state index in [0.717, 1.165) is 15.9 Å². The Morgan fingerprint density at radius 1 is 1.03 bits per heavy atom. The number of carbonyl (C=O) groups excluding carboxylic acids is 1. The summed E-state index contributed by atoms with van der Waals surface area (Å²) in [7, 11) is 0. The van der Waals surface area contributed by atoms with Gasteiger partial charge in [-0.1, -0.05) is 49.4 Å². The summed E-state index contributed by atoms with van der Waals surface area (Å²) in [5.74, 6) is 1.62. The number of anilines is 1. The molecule has 170 valence electrons. The predicted molar refractivity (Wildman–Crippen MR) is 132 cm³/mol. The van der Waals surface area contributed by atoms with Crippen molar-refractivity contribution in [2.24, 2.45) is 0 Å². The van der Waals surface area contributed by atoms with Crippen LogP contribution in [-0.4, -0.2) is 29.1 Å². The molecule has 33 heavy (non-hydrogen) atoms. The molecule has 7 heteroatoms. The minimum absolute atomic E-state index is 0.0951. The van der Waals surface area contributed by atoms with Gasteiger partial charge in [-0.3, -0.25) is 14.7 Å². The number of benzene rings is 2. The largest absolute Gasteiger partial charge is 0.492 e. The minimum atomic E-state index is -0.189. The molecule has 0 aliphatic rings. The van der Waals surface area contributed by atoms with Crippen molar-refractivity contribution < 1.29 is 14.3 Å². The van der Waals surface area contributed by atoms with Gasteiger partial charge in [0, 0.05) is 6.20 Å². The zero-order chi connectivity index (χ0) is 23.2. The number of aromatic nitrogens is 2. The van der Waals surface area contributed by atoms with Crippen molar-refractivity contribution in [3.05, 3.63) is 78.1 Å². The van der Waals surface area contributed by atoms with E-state index in [4.69, 9.17) is 14.5 Å². The SMILES string of the molecule is CCOc1cccc2sc(N(Cc3ccccn3)C(=O)COc3ccc(C(C)C)cc3)nc12. The van der Waals surface area contributed by atoms with Crippen molar-refractivity contribution in [2.75, 3.05) is 18.1 Å². The molecule has 2 aromatic heterocycles. The molecule has 0 aliphatic carbocycles. The van der Waals surface area contributed by atoms with E-state index in [1.165, 1.54) is 16.9 Å². The molecule has 4 rings (SSSR count). The Morgan fingerprint density at radius 2 is 1.85 bits per heavy atom. The van der Waals surface area contributed by atoms with Crippen molar-refractivity contribution in [3.8, 4) is 11.5 Å². The fourth-order valence-electron chi connectivity index (χ4n) is 3.39. The van der Waals surface area contributed by atoms with Crippen LogP contribution in [0, 0.1) is 0 Å². The summed E-state index contributed by atoms with van der Waals surface area (Å²) < 4.78 is 12.5. The van der Waals surface area contributed by atoms with Gasteiger partial charge in [-0.15, -0.1) is 0 Å². The van der Waals surface area contributed by atoms with E-state index in [1.54, 1.807) is 11.1 Å². The second kappa shape index (κ2) is 10.4. The molecule has 0 bridgehead atoms. The second-order valence-corrected chi connectivity index (χ2v) is 8.85. The van der Waals surface area contributed by atoms with Gasteiger partial charge >= 0.3 is 0 Å². The third-order valence-corrected chi connectivity index (χ3v) is 6.20. The predicted octanol–water partition coefficient (Wildman–Crippen LogP) is 5.83. The van der Waals surface area contributed by atoms with Gasteiger partial charge in [-0.05, 0) is 54.8 Å². The van der Waals surface area contributed by atoms with E-state index in [0.29, 0.717) is 35.7 Å². The monoisotopic (exact) mass is 461 g/mol. The topological polar surface area (TPSA) is 64.5 Å². The molecule has 0 spiro atoms. The second-order valence-electron chi connectivity index (χ2n) is 7.85. The first-order valence-corrected chi connectivity index (χ1v) is 11.8. The summed E-state index contributed by atoms with van der Waals surface area (Å²) in [6.45, 7) is 6.98. The number of fused-ring (bicyclic) bond motifs is 1. The van der Waals surface area contributed by atoms with Crippen LogP contribution in [0.2, 0.25) is 0 Å². The van der Waals surface area contributed by atoms with Gasteiger partial charge in [-0.2, -0.15) is 0 Å². The number of hydrogen-bond acceptors (Lipinski definition) is 6. The van der Waals surface area contributed by atoms with Crippen molar-refractivity contribution >= 4 is 32.6 Å². The maximum Gasteiger partial charge on any atom is 0.267 e. The number of carbonyl (C=O) groups is 1. The van der Waals surface area contributed by atoms with Crippen molar-refractivity contribution in [2.45, 2.75) is 33.2 Å². The van der Waals surface area contributed by atoms with Gasteiger partial charge in [0.05, 0.1) is 23.5 Å². The molecule has 2 heterocycles. The van der Waals surface area contributed by atoms with Gasteiger partial charge in [0.1, 0.15) is 17.0 Å². The highest BCUT2D eigenvalue weighted by Gasteiger charge is 2.22. The lowest BCUT2D eigenvalue weighted by Crippen LogP contribution is -2.34. The molecule has 0 fully saturated rings. The average Bonchev–Trinajstić information content (AvgIpc) is 3.27. The van der Waals surface area contributed by atoms with Gasteiger partial charge in [0.25, 0.3) is 5.91 Å². The smallest absolute Gasteiger partial charge is 0.267 e. The van der Waals surface area contributed by atoms with Gasteiger partial charge in [0.15, 0.2) is 11.7 Å². The molecule has 0 atom stereocenters. The molecular weight excluding hydrogens is 434 g/mol. The quantitative estimate of drug-likeness (QED) is 0.314. The number of amides is 1. The highest BCUT2D eigenvalue weighted by Crippen LogP contribution is 2.35. The molecule has 0 saturated heterocycles. The normalized spacial score (nSPS) is 11.0. The first kappa shape index (κ1) is 22.7. The maximum atomic E-state index is 13.3. The molecule has 0 N–H and O–H groups in total. The van der Waals surface area contributed by atoms with E-state index in [2.05, 4.69) is 18.8 Å². The Balaban J connectivity index is 1.58. The Hall–Kier alpha value is -3.45. The van der Waals surface area contributed by atoms with E-state index in [1.807, 2.05) is 67.6 Å². The lowest BCUT2D eigenvalue weighted by Gasteiger charge is -2.20. The van der Waals surface area contributed by atoms with E-state index in [9.17, 15) is 4.79 Å². The van der Waals surface area contributed by atoms with Crippen molar-refractivity contribution in [1.82, 2.24) is 9.97 Å². The lowest BCUT2D eigenvalue weighted by molar-refractivity contribution is -0.120. The summed E-state index contributed by atoms with van der Waals surface area (Å²) in [6.07, 6.45) is 1.72. The Kier molecular flexibility index (Phi) is 7.19. The number of para-hydroxylation sites is 1. The first-order valence-electron chi connectivity index (χ1n) is 11.0. The molecule has 4 aromatic rings. The Labute approximate surface area is 197 Å². The molecule has 1 amide bonds. The van der Waals surface area contributed by atoms with E-state index in [-0.39, 0.29) is 12.5 Å².